The quantitative estimate of drug-likeness (QED) is 0.315. The van der Waals surface area contributed by atoms with Gasteiger partial charge in [0.1, 0.15) is 0 Å². The van der Waals surface area contributed by atoms with Crippen LogP contribution in [0.1, 0.15) is 24.1 Å². The van der Waals surface area contributed by atoms with Crippen molar-refractivity contribution < 1.29 is 0 Å². The number of pyridine rings is 2. The molecule has 0 radical (unpaired) electrons. The zero-order valence-electron chi connectivity index (χ0n) is 14.3. The van der Waals surface area contributed by atoms with Crippen molar-refractivity contribution in [3.05, 3.63) is 60.0 Å². The number of unbranched alkanes of at least 4 members (excludes halogenated alkanes) is 1. The first-order valence-corrected chi connectivity index (χ1v) is 10.0. The Morgan fingerprint density at radius 1 is 1.12 bits per heavy atom. The van der Waals surface area contributed by atoms with E-state index in [9.17, 15) is 0 Å². The van der Waals surface area contributed by atoms with Gasteiger partial charge < -0.3 is 5.32 Å². The number of hydrogen-bond donors (Lipinski definition) is 1. The van der Waals surface area contributed by atoms with Gasteiger partial charge in [-0.2, -0.15) is 0 Å². The second-order valence-electron chi connectivity index (χ2n) is 5.90. The number of halogens is 1. The van der Waals surface area contributed by atoms with Gasteiger partial charge in [0, 0.05) is 22.4 Å². The average Bonchev–Trinajstić information content (AvgIpc) is 2.65. The number of para-hydroxylation sites is 1. The van der Waals surface area contributed by atoms with Gasteiger partial charge in [-0.05, 0) is 49.3 Å². The molecule has 0 saturated heterocycles. The molecule has 1 N–H and O–H groups in total. The summed E-state index contributed by atoms with van der Waals surface area (Å²) in [6.45, 7) is 2.84. The summed E-state index contributed by atoms with van der Waals surface area (Å²) < 4.78 is 0. The van der Waals surface area contributed by atoms with E-state index in [-0.39, 0.29) is 0 Å². The highest BCUT2D eigenvalue weighted by molar-refractivity contribution is 7.99. The predicted molar refractivity (Wildman–Crippen MR) is 109 cm³/mol. The Kier molecular flexibility index (Phi) is 6.54. The van der Waals surface area contributed by atoms with Gasteiger partial charge in [-0.15, -0.1) is 23.4 Å². The van der Waals surface area contributed by atoms with Crippen molar-refractivity contribution in [1.82, 2.24) is 9.97 Å². The largest absolute Gasteiger partial charge is 0.378 e. The number of thioether (sulfide) groups is 1. The van der Waals surface area contributed by atoms with Crippen molar-refractivity contribution in [2.45, 2.75) is 31.2 Å². The summed E-state index contributed by atoms with van der Waals surface area (Å²) in [6.07, 6.45) is 5.99. The molecule has 1 aromatic carbocycles. The van der Waals surface area contributed by atoms with Crippen LogP contribution in [0.4, 0.5) is 5.69 Å². The zero-order valence-corrected chi connectivity index (χ0v) is 15.9. The first kappa shape index (κ1) is 18.0. The molecule has 0 bridgehead atoms. The van der Waals surface area contributed by atoms with E-state index in [4.69, 9.17) is 11.6 Å². The predicted octanol–water partition coefficient (Wildman–Crippen LogP) is 5.66. The lowest BCUT2D eigenvalue weighted by Gasteiger charge is -2.12. The van der Waals surface area contributed by atoms with Gasteiger partial charge in [-0.3, -0.25) is 9.97 Å². The lowest BCUT2D eigenvalue weighted by molar-refractivity contribution is 0.901. The van der Waals surface area contributed by atoms with E-state index in [1.54, 1.807) is 0 Å². The molecule has 130 valence electrons. The molecule has 25 heavy (non-hydrogen) atoms. The van der Waals surface area contributed by atoms with Crippen LogP contribution in [-0.2, 0) is 6.54 Å². The molecule has 3 aromatic rings. The molecule has 2 aromatic heterocycles. The molecule has 0 amide bonds. The van der Waals surface area contributed by atoms with Gasteiger partial charge in [0.25, 0.3) is 0 Å². The Morgan fingerprint density at radius 3 is 2.88 bits per heavy atom. The van der Waals surface area contributed by atoms with E-state index in [2.05, 4.69) is 40.4 Å². The molecule has 0 atom stereocenters. The van der Waals surface area contributed by atoms with E-state index >= 15 is 0 Å². The third-order valence-electron chi connectivity index (χ3n) is 4.09. The minimum atomic E-state index is 0.696. The van der Waals surface area contributed by atoms with Crippen LogP contribution in [0, 0.1) is 6.92 Å². The molecule has 2 heterocycles. The maximum Gasteiger partial charge on any atom is 0.0703 e. The summed E-state index contributed by atoms with van der Waals surface area (Å²) in [5, 5.41) is 4.59. The topological polar surface area (TPSA) is 37.8 Å². The second kappa shape index (κ2) is 9.07. The fraction of sp³-hybridized carbons (Fsp3) is 0.300. The Hall–Kier alpha value is -1.78. The molecule has 0 aliphatic heterocycles. The molecule has 0 aliphatic carbocycles. The van der Waals surface area contributed by atoms with Crippen LogP contribution < -0.4 is 5.32 Å². The molecule has 3 nitrogen and oxygen atoms in total. The van der Waals surface area contributed by atoms with Gasteiger partial charge >= 0.3 is 0 Å². The van der Waals surface area contributed by atoms with Crippen LogP contribution in [0.3, 0.4) is 0 Å². The van der Waals surface area contributed by atoms with Crippen molar-refractivity contribution in [3.8, 4) is 0 Å². The van der Waals surface area contributed by atoms with Crippen molar-refractivity contribution in [2.24, 2.45) is 0 Å². The van der Waals surface area contributed by atoms with Crippen LogP contribution in [0.5, 0.6) is 0 Å². The fourth-order valence-electron chi connectivity index (χ4n) is 2.63. The molecule has 0 spiro atoms. The van der Waals surface area contributed by atoms with Crippen LogP contribution >= 0.6 is 23.4 Å². The van der Waals surface area contributed by atoms with Crippen LogP contribution in [0.25, 0.3) is 10.9 Å². The summed E-state index contributed by atoms with van der Waals surface area (Å²) in [4.78, 5) is 10.3. The summed E-state index contributed by atoms with van der Waals surface area (Å²) in [6, 6.07) is 12.4. The van der Waals surface area contributed by atoms with Gasteiger partial charge in [-0.25, -0.2) is 0 Å². The standard InChI is InChI=1S/C20H22ClN3S/c1-15-19(22-10-8-20(15)25-11-5-4-9-21)14-23-17-12-16-6-2-3-7-18(16)24-13-17/h2-3,6-8,10,12-13,23H,4-5,9,11,14H2,1H3. The number of aromatic nitrogens is 2. The monoisotopic (exact) mass is 371 g/mol. The minimum absolute atomic E-state index is 0.696. The average molecular weight is 372 g/mol. The molecule has 0 fully saturated rings. The first-order chi connectivity index (χ1) is 12.3. The highest BCUT2D eigenvalue weighted by Crippen LogP contribution is 2.25. The molecule has 3 rings (SSSR count). The highest BCUT2D eigenvalue weighted by atomic mass is 35.5. The summed E-state index contributed by atoms with van der Waals surface area (Å²) in [7, 11) is 0. The Labute approximate surface area is 158 Å². The third-order valence-corrected chi connectivity index (χ3v) is 5.61. The van der Waals surface area contributed by atoms with Gasteiger partial charge in [0.2, 0.25) is 0 Å². The second-order valence-corrected chi connectivity index (χ2v) is 7.41. The molecular formula is C20H22ClN3S. The van der Waals surface area contributed by atoms with E-state index in [0.717, 1.165) is 46.8 Å². The SMILES string of the molecule is Cc1c(SCCCCCl)ccnc1CNc1cnc2ccccc2c1. The maximum absolute atomic E-state index is 5.74. The highest BCUT2D eigenvalue weighted by Gasteiger charge is 2.06. The number of alkyl halides is 1. The molecule has 5 heteroatoms. The Morgan fingerprint density at radius 2 is 2.00 bits per heavy atom. The zero-order chi connectivity index (χ0) is 17.5. The lowest BCUT2D eigenvalue weighted by atomic mass is 10.2. The smallest absolute Gasteiger partial charge is 0.0703 e. The maximum atomic E-state index is 5.74. The Balaban J connectivity index is 1.65. The van der Waals surface area contributed by atoms with Crippen LogP contribution in [0.2, 0.25) is 0 Å². The van der Waals surface area contributed by atoms with Crippen molar-refractivity contribution in [1.29, 1.82) is 0 Å². The van der Waals surface area contributed by atoms with Crippen molar-refractivity contribution in [3.63, 3.8) is 0 Å². The third kappa shape index (κ3) is 4.86. The van der Waals surface area contributed by atoms with Crippen molar-refractivity contribution >= 4 is 40.0 Å². The van der Waals surface area contributed by atoms with Crippen LogP contribution in [-0.4, -0.2) is 21.6 Å². The van der Waals surface area contributed by atoms with Crippen molar-refractivity contribution in [2.75, 3.05) is 16.9 Å². The van der Waals surface area contributed by atoms with E-state index in [1.807, 2.05) is 42.4 Å². The molecule has 0 aliphatic rings. The van der Waals surface area contributed by atoms with Gasteiger partial charge in [-0.1, -0.05) is 18.2 Å². The number of nitrogens with one attached hydrogen (secondary N) is 1. The normalized spacial score (nSPS) is 11.0. The van der Waals surface area contributed by atoms with E-state index in [0.29, 0.717) is 6.54 Å². The Bertz CT molecular complexity index is 838. The number of rotatable bonds is 8. The van der Waals surface area contributed by atoms with Gasteiger partial charge in [0.05, 0.1) is 29.6 Å². The molecule has 0 saturated carbocycles. The molecular weight excluding hydrogens is 350 g/mol. The number of benzene rings is 1. The number of hydrogen-bond acceptors (Lipinski definition) is 4. The number of anilines is 1. The van der Waals surface area contributed by atoms with Crippen LogP contribution in [0.15, 0.2) is 53.7 Å². The first-order valence-electron chi connectivity index (χ1n) is 8.50. The summed E-state index contributed by atoms with van der Waals surface area (Å²) >= 11 is 7.63. The summed E-state index contributed by atoms with van der Waals surface area (Å²) in [5.74, 6) is 1.84. The lowest BCUT2D eigenvalue weighted by Crippen LogP contribution is -2.05. The fourth-order valence-corrected chi connectivity index (χ4v) is 3.87. The van der Waals surface area contributed by atoms with E-state index < -0.39 is 0 Å². The molecule has 0 unspecified atom stereocenters. The number of nitrogens with zero attached hydrogens (tertiary/aromatic N) is 2. The van der Waals surface area contributed by atoms with E-state index in [1.165, 1.54) is 10.5 Å². The minimum Gasteiger partial charge on any atom is -0.378 e. The summed E-state index contributed by atoms with van der Waals surface area (Å²) in [5.41, 5.74) is 4.35. The van der Waals surface area contributed by atoms with Gasteiger partial charge in [0.15, 0.2) is 0 Å². The number of fused-ring (bicyclic) bond motifs is 1.